The predicted octanol–water partition coefficient (Wildman–Crippen LogP) is 2.99. The lowest BCUT2D eigenvalue weighted by atomic mass is 10.1. The summed E-state index contributed by atoms with van der Waals surface area (Å²) in [6.45, 7) is 0. The molecule has 0 atom stereocenters. The van der Waals surface area contributed by atoms with Crippen molar-refractivity contribution in [2.45, 2.75) is 6.42 Å². The fraction of sp³-hybridized carbons (Fsp3) is 0.0714. The molecule has 0 bridgehead atoms. The molecule has 1 aliphatic carbocycles. The lowest BCUT2D eigenvalue weighted by Gasteiger charge is -2.04. The van der Waals surface area contributed by atoms with E-state index in [2.05, 4.69) is 4.99 Å². The number of nitrogens with zero attached hydrogens (tertiary/aromatic N) is 1. The third-order valence-electron chi connectivity index (χ3n) is 2.48. The van der Waals surface area contributed by atoms with Crippen molar-refractivity contribution in [3.63, 3.8) is 0 Å². The van der Waals surface area contributed by atoms with Crippen LogP contribution >= 0.6 is 0 Å². The molecule has 2 nitrogen and oxygen atoms in total. The monoisotopic (exact) mass is 245 g/mol. The average molecular weight is 245 g/mol. The van der Waals surface area contributed by atoms with Crippen molar-refractivity contribution in [3.05, 3.63) is 64.9 Å². The van der Waals surface area contributed by atoms with Crippen LogP contribution in [0.15, 0.2) is 52.7 Å². The minimum atomic E-state index is -0.692. The molecule has 0 aliphatic heterocycles. The van der Waals surface area contributed by atoms with Gasteiger partial charge in [-0.3, -0.25) is 4.99 Å². The molecule has 1 aromatic rings. The summed E-state index contributed by atoms with van der Waals surface area (Å²) in [7, 11) is 0. The number of hydrogen-bond acceptors (Lipinski definition) is 2. The molecule has 18 heavy (non-hydrogen) atoms. The largest absolute Gasteiger partial charge is 0.255 e. The van der Waals surface area contributed by atoms with E-state index < -0.39 is 11.6 Å². The van der Waals surface area contributed by atoms with Gasteiger partial charge in [0.05, 0.1) is 16.8 Å². The Hall–Kier alpha value is -2.32. The summed E-state index contributed by atoms with van der Waals surface area (Å²) < 4.78 is 26.7. The first-order valence-electron chi connectivity index (χ1n) is 5.31. The molecule has 0 fully saturated rings. The van der Waals surface area contributed by atoms with E-state index in [4.69, 9.17) is 0 Å². The van der Waals surface area contributed by atoms with E-state index in [1.54, 1.807) is 24.2 Å². The van der Waals surface area contributed by atoms with Crippen molar-refractivity contribution in [2.75, 3.05) is 0 Å². The number of benzene rings is 1. The zero-order valence-electron chi connectivity index (χ0n) is 9.36. The minimum absolute atomic E-state index is 0.224. The summed E-state index contributed by atoms with van der Waals surface area (Å²) in [5, 5.41) is 0. The normalized spacial score (nSPS) is 14.8. The second-order valence-corrected chi connectivity index (χ2v) is 3.66. The Morgan fingerprint density at radius 3 is 2.67 bits per heavy atom. The molecule has 0 amide bonds. The summed E-state index contributed by atoms with van der Waals surface area (Å²) in [5.41, 5.74) is 0.513. The second kappa shape index (κ2) is 5.34. The summed E-state index contributed by atoms with van der Waals surface area (Å²) >= 11 is 0. The van der Waals surface area contributed by atoms with Crippen LogP contribution in [0.3, 0.4) is 0 Å². The predicted molar refractivity (Wildman–Crippen MR) is 65.0 cm³/mol. The maximum Gasteiger partial charge on any atom is 0.134 e. The second-order valence-electron chi connectivity index (χ2n) is 3.66. The molecule has 1 aliphatic rings. The number of hydrogen-bond donors (Lipinski definition) is 0. The summed E-state index contributed by atoms with van der Waals surface area (Å²) in [4.78, 5) is 14.6. The van der Waals surface area contributed by atoms with Gasteiger partial charge in [-0.05, 0) is 18.2 Å². The SMILES string of the molecule is O=C=C1CC=CC=C1N=Cc1c(F)cccc1F. The number of carbonyl (C=O) groups excluding carboxylic acids is 1. The Bertz CT molecular complexity index is 588. The maximum absolute atomic E-state index is 13.3. The Morgan fingerprint density at radius 1 is 1.28 bits per heavy atom. The van der Waals surface area contributed by atoms with Gasteiger partial charge in [-0.2, -0.15) is 0 Å². The van der Waals surface area contributed by atoms with Gasteiger partial charge >= 0.3 is 0 Å². The van der Waals surface area contributed by atoms with E-state index in [0.29, 0.717) is 17.7 Å². The van der Waals surface area contributed by atoms with Crippen molar-refractivity contribution in [2.24, 2.45) is 4.99 Å². The van der Waals surface area contributed by atoms with Gasteiger partial charge in [-0.25, -0.2) is 13.6 Å². The molecule has 0 spiro atoms. The van der Waals surface area contributed by atoms with E-state index in [1.165, 1.54) is 6.07 Å². The van der Waals surface area contributed by atoms with Crippen molar-refractivity contribution < 1.29 is 13.6 Å². The molecule has 1 aromatic carbocycles. The van der Waals surface area contributed by atoms with Gasteiger partial charge in [0.25, 0.3) is 0 Å². The molecule has 0 saturated heterocycles. The fourth-order valence-corrected chi connectivity index (χ4v) is 1.53. The highest BCUT2D eigenvalue weighted by Gasteiger charge is 2.08. The number of rotatable bonds is 2. The van der Waals surface area contributed by atoms with Gasteiger partial charge in [0.15, 0.2) is 0 Å². The summed E-state index contributed by atoms with van der Waals surface area (Å²) in [6, 6.07) is 3.58. The van der Waals surface area contributed by atoms with E-state index >= 15 is 0 Å². The van der Waals surface area contributed by atoms with Crippen LogP contribution in [0.2, 0.25) is 0 Å². The topological polar surface area (TPSA) is 29.4 Å². The van der Waals surface area contributed by atoms with E-state index in [1.807, 2.05) is 0 Å². The third-order valence-corrected chi connectivity index (χ3v) is 2.48. The Labute approximate surface area is 103 Å². The molecular weight excluding hydrogens is 236 g/mol. The van der Waals surface area contributed by atoms with E-state index in [9.17, 15) is 13.6 Å². The van der Waals surface area contributed by atoms with Crippen molar-refractivity contribution in [3.8, 4) is 0 Å². The van der Waals surface area contributed by atoms with Gasteiger partial charge < -0.3 is 0 Å². The number of aliphatic imine (C=N–C) groups is 1. The lowest BCUT2D eigenvalue weighted by molar-refractivity contribution is 0.567. The molecule has 0 aromatic heterocycles. The smallest absolute Gasteiger partial charge is 0.134 e. The molecule has 0 heterocycles. The highest BCUT2D eigenvalue weighted by molar-refractivity contribution is 5.82. The highest BCUT2D eigenvalue weighted by Crippen LogP contribution is 2.18. The van der Waals surface area contributed by atoms with E-state index in [-0.39, 0.29) is 5.56 Å². The zero-order chi connectivity index (χ0) is 13.0. The van der Waals surface area contributed by atoms with Gasteiger partial charge in [0.2, 0.25) is 0 Å². The molecule has 0 saturated carbocycles. The van der Waals surface area contributed by atoms with Gasteiger partial charge in [0, 0.05) is 12.6 Å². The van der Waals surface area contributed by atoms with Crippen LogP contribution in [-0.2, 0) is 4.79 Å². The Morgan fingerprint density at radius 2 is 2.00 bits per heavy atom. The van der Waals surface area contributed by atoms with Crippen molar-refractivity contribution >= 4 is 12.2 Å². The summed E-state index contributed by atoms with van der Waals surface area (Å²) in [5.74, 6) is 0.381. The van der Waals surface area contributed by atoms with Gasteiger partial charge in [-0.1, -0.05) is 18.2 Å². The van der Waals surface area contributed by atoms with Crippen LogP contribution < -0.4 is 0 Å². The Balaban J connectivity index is 2.34. The molecule has 90 valence electrons. The third kappa shape index (κ3) is 2.50. The fourth-order valence-electron chi connectivity index (χ4n) is 1.53. The zero-order valence-corrected chi connectivity index (χ0v) is 9.36. The van der Waals surface area contributed by atoms with Gasteiger partial charge in [-0.15, -0.1) is 0 Å². The van der Waals surface area contributed by atoms with Crippen LogP contribution in [0.4, 0.5) is 8.78 Å². The maximum atomic E-state index is 13.3. The van der Waals surface area contributed by atoms with Crippen LogP contribution in [0.5, 0.6) is 0 Å². The molecule has 4 heteroatoms. The highest BCUT2D eigenvalue weighted by atomic mass is 19.1. The van der Waals surface area contributed by atoms with Crippen molar-refractivity contribution in [1.29, 1.82) is 0 Å². The first-order chi connectivity index (χ1) is 8.72. The first-order valence-corrected chi connectivity index (χ1v) is 5.31. The van der Waals surface area contributed by atoms with E-state index in [0.717, 1.165) is 18.3 Å². The molecule has 2 rings (SSSR count). The number of allylic oxidation sites excluding steroid dienone is 4. The van der Waals surface area contributed by atoms with Crippen molar-refractivity contribution in [1.82, 2.24) is 0 Å². The molecule has 0 N–H and O–H groups in total. The Kier molecular flexibility index (Phi) is 3.60. The van der Waals surface area contributed by atoms with Crippen LogP contribution in [0.1, 0.15) is 12.0 Å². The molecular formula is C14H9F2NO. The molecule has 0 unspecified atom stereocenters. The lowest BCUT2D eigenvalue weighted by Crippen LogP contribution is -1.96. The number of halogens is 2. The first kappa shape index (κ1) is 12.1. The minimum Gasteiger partial charge on any atom is -0.255 e. The van der Waals surface area contributed by atoms with Crippen LogP contribution in [0.25, 0.3) is 0 Å². The standard InChI is InChI=1S/C14H9F2NO/c15-12-5-3-6-13(16)11(12)8-17-14-7-2-1-4-10(14)9-18/h1-3,5-8H,4H2. The molecule has 0 radical (unpaired) electrons. The van der Waals surface area contributed by atoms with Gasteiger partial charge in [0.1, 0.15) is 17.6 Å². The average Bonchev–Trinajstić information content (AvgIpc) is 2.38. The summed E-state index contributed by atoms with van der Waals surface area (Å²) in [6.07, 6.45) is 6.60. The van der Waals surface area contributed by atoms with Crippen LogP contribution in [-0.4, -0.2) is 12.2 Å². The quantitative estimate of drug-likeness (QED) is 0.581. The van der Waals surface area contributed by atoms with Crippen LogP contribution in [0, 0.1) is 11.6 Å².